The molecule has 220 valence electrons. The highest BCUT2D eigenvalue weighted by Crippen LogP contribution is 2.31. The topological polar surface area (TPSA) is 159 Å². The number of aliphatic carboxylic acids is 1. The second kappa shape index (κ2) is 13.2. The number of hydrogen-bond acceptors (Lipinski definition) is 7. The molecule has 1 amide bonds. The van der Waals surface area contributed by atoms with E-state index in [-0.39, 0.29) is 18.7 Å². The van der Waals surface area contributed by atoms with Crippen molar-refractivity contribution in [3.8, 4) is 22.5 Å². The molecule has 0 aliphatic rings. The Morgan fingerprint density at radius 2 is 1.77 bits per heavy atom. The number of carbonyl (C=O) groups is 2. The van der Waals surface area contributed by atoms with E-state index in [0.29, 0.717) is 28.9 Å². The van der Waals surface area contributed by atoms with Crippen molar-refractivity contribution in [2.75, 3.05) is 0 Å². The minimum Gasteiger partial charge on any atom is -0.479 e. The Kier molecular flexibility index (Phi) is 8.96. The van der Waals surface area contributed by atoms with E-state index in [2.05, 4.69) is 31.0 Å². The molecule has 0 bridgehead atoms. The molecule has 0 saturated carbocycles. The predicted octanol–water partition coefficient (Wildman–Crippen LogP) is 3.66. The molecule has 2 atom stereocenters. The number of aliphatic hydroxyl groups is 1. The van der Waals surface area contributed by atoms with Gasteiger partial charge in [-0.05, 0) is 46.9 Å². The molecule has 2 aromatic heterocycles. The van der Waals surface area contributed by atoms with Gasteiger partial charge in [-0.25, -0.2) is 9.18 Å². The number of halogens is 1. The number of H-pyrrole nitrogens is 1. The SMILES string of the molecule is CCCc1cc(C(=O)NC(Cc2ccccc2)C(O)C(=O)O)nn1Cc1ccc(-c2ccccc2-c2nn[nH]n2)cc1F. The summed E-state index contributed by atoms with van der Waals surface area (Å²) in [5.41, 5.74) is 3.97. The van der Waals surface area contributed by atoms with Crippen molar-refractivity contribution >= 4 is 11.9 Å². The van der Waals surface area contributed by atoms with Gasteiger partial charge in [0, 0.05) is 16.8 Å². The van der Waals surface area contributed by atoms with Gasteiger partial charge < -0.3 is 15.5 Å². The van der Waals surface area contributed by atoms with E-state index in [1.165, 1.54) is 6.07 Å². The first-order chi connectivity index (χ1) is 20.8. The van der Waals surface area contributed by atoms with Gasteiger partial charge in [-0.3, -0.25) is 9.48 Å². The maximum absolute atomic E-state index is 15.5. The molecule has 2 unspecified atom stereocenters. The third-order valence-corrected chi connectivity index (χ3v) is 7.05. The number of nitrogens with one attached hydrogen (secondary N) is 2. The van der Waals surface area contributed by atoms with E-state index < -0.39 is 29.8 Å². The van der Waals surface area contributed by atoms with Crippen LogP contribution in [-0.4, -0.2) is 64.6 Å². The number of aryl methyl sites for hydroxylation is 1. The molecule has 4 N–H and O–H groups in total. The highest BCUT2D eigenvalue weighted by atomic mass is 19.1. The van der Waals surface area contributed by atoms with Gasteiger partial charge in [0.1, 0.15) is 11.5 Å². The predicted molar refractivity (Wildman–Crippen MR) is 155 cm³/mol. The molecule has 0 fully saturated rings. The van der Waals surface area contributed by atoms with E-state index >= 15 is 4.39 Å². The van der Waals surface area contributed by atoms with Crippen molar-refractivity contribution in [3.63, 3.8) is 0 Å². The minimum absolute atomic E-state index is 0.0465. The van der Waals surface area contributed by atoms with Crippen LogP contribution in [0.1, 0.15) is 40.7 Å². The lowest BCUT2D eigenvalue weighted by molar-refractivity contribution is -0.148. The molecular formula is C31H30FN7O4. The molecule has 0 aliphatic heterocycles. The summed E-state index contributed by atoms with van der Waals surface area (Å²) in [5, 5.41) is 40.9. The van der Waals surface area contributed by atoms with E-state index in [9.17, 15) is 19.8 Å². The fraction of sp³-hybridized carbons (Fsp3) is 0.226. The van der Waals surface area contributed by atoms with Crippen molar-refractivity contribution in [2.24, 2.45) is 0 Å². The van der Waals surface area contributed by atoms with Gasteiger partial charge in [-0.15, -0.1) is 10.2 Å². The lowest BCUT2D eigenvalue weighted by Crippen LogP contribution is -2.48. The van der Waals surface area contributed by atoms with Crippen molar-refractivity contribution in [1.82, 2.24) is 35.7 Å². The molecular weight excluding hydrogens is 553 g/mol. The zero-order valence-corrected chi connectivity index (χ0v) is 23.3. The zero-order chi connectivity index (χ0) is 30.3. The number of nitrogens with zero attached hydrogens (tertiary/aromatic N) is 5. The first-order valence-corrected chi connectivity index (χ1v) is 13.8. The van der Waals surface area contributed by atoms with Crippen LogP contribution in [0.2, 0.25) is 0 Å². The number of aromatic amines is 1. The van der Waals surface area contributed by atoms with E-state index in [0.717, 1.165) is 23.2 Å². The van der Waals surface area contributed by atoms with Crippen LogP contribution in [-0.2, 0) is 24.2 Å². The molecule has 0 aliphatic carbocycles. The molecule has 5 rings (SSSR count). The number of rotatable bonds is 12. The maximum atomic E-state index is 15.5. The first-order valence-electron chi connectivity index (χ1n) is 13.8. The highest BCUT2D eigenvalue weighted by Gasteiger charge is 2.29. The summed E-state index contributed by atoms with van der Waals surface area (Å²) < 4.78 is 17.0. The van der Waals surface area contributed by atoms with Crippen molar-refractivity contribution in [2.45, 2.75) is 44.9 Å². The van der Waals surface area contributed by atoms with Gasteiger partial charge >= 0.3 is 5.97 Å². The number of aliphatic hydroxyl groups excluding tert-OH is 1. The Hall–Kier alpha value is -5.23. The van der Waals surface area contributed by atoms with Gasteiger partial charge in [0.25, 0.3) is 5.91 Å². The largest absolute Gasteiger partial charge is 0.479 e. The number of hydrogen-bond donors (Lipinski definition) is 4. The molecule has 3 aromatic carbocycles. The first kappa shape index (κ1) is 29.3. The highest BCUT2D eigenvalue weighted by molar-refractivity contribution is 5.93. The second-order valence-electron chi connectivity index (χ2n) is 10.1. The number of aromatic nitrogens is 6. The van der Waals surface area contributed by atoms with E-state index in [4.69, 9.17) is 0 Å². The van der Waals surface area contributed by atoms with Gasteiger partial charge in [0.2, 0.25) is 5.82 Å². The van der Waals surface area contributed by atoms with Crippen LogP contribution in [0.5, 0.6) is 0 Å². The maximum Gasteiger partial charge on any atom is 0.334 e. The molecule has 0 radical (unpaired) electrons. The van der Waals surface area contributed by atoms with Crippen LogP contribution < -0.4 is 5.32 Å². The smallest absolute Gasteiger partial charge is 0.334 e. The van der Waals surface area contributed by atoms with Crippen molar-refractivity contribution < 1.29 is 24.2 Å². The minimum atomic E-state index is -1.82. The van der Waals surface area contributed by atoms with E-state index in [1.54, 1.807) is 47.1 Å². The zero-order valence-electron chi connectivity index (χ0n) is 23.3. The molecule has 43 heavy (non-hydrogen) atoms. The van der Waals surface area contributed by atoms with E-state index in [1.807, 2.05) is 37.3 Å². The quantitative estimate of drug-likeness (QED) is 0.173. The third-order valence-electron chi connectivity index (χ3n) is 7.05. The third kappa shape index (κ3) is 6.81. The number of carbonyl (C=O) groups excluding carboxylic acids is 1. The lowest BCUT2D eigenvalue weighted by atomic mass is 9.98. The summed E-state index contributed by atoms with van der Waals surface area (Å²) in [4.78, 5) is 24.8. The molecule has 0 saturated heterocycles. The Labute approximate surface area is 246 Å². The summed E-state index contributed by atoms with van der Waals surface area (Å²) in [7, 11) is 0. The van der Waals surface area contributed by atoms with Gasteiger partial charge in [-0.2, -0.15) is 10.3 Å². The summed E-state index contributed by atoms with van der Waals surface area (Å²) in [5.74, 6) is -2.13. The summed E-state index contributed by atoms with van der Waals surface area (Å²) in [6.45, 7) is 2.05. The fourth-order valence-electron chi connectivity index (χ4n) is 4.89. The molecule has 11 nitrogen and oxygen atoms in total. The Balaban J connectivity index is 1.38. The average molecular weight is 584 g/mol. The standard InChI is InChI=1S/C31H30FN7O4/c1-2-8-22-17-27(30(41)33-26(28(40)31(42)43)15-19-9-4-3-5-10-19)36-39(22)18-21-14-13-20(16-25(21)32)23-11-6-7-12-24(23)29-34-37-38-35-29/h3-7,9-14,16-17,26,28,40H,2,8,15,18H2,1H3,(H,33,41)(H,42,43)(H,34,35,37,38). The number of amides is 1. The molecule has 12 heteroatoms. The summed E-state index contributed by atoms with van der Waals surface area (Å²) in [6, 6.07) is 21.8. The molecule has 0 spiro atoms. The van der Waals surface area contributed by atoms with Gasteiger partial charge in [0.05, 0.1) is 12.6 Å². The summed E-state index contributed by atoms with van der Waals surface area (Å²) >= 11 is 0. The lowest BCUT2D eigenvalue weighted by Gasteiger charge is -2.21. The van der Waals surface area contributed by atoms with Crippen LogP contribution in [0.3, 0.4) is 0 Å². The van der Waals surface area contributed by atoms with Crippen LogP contribution >= 0.6 is 0 Å². The molecule has 5 aromatic rings. The van der Waals surface area contributed by atoms with Gasteiger partial charge in [0.15, 0.2) is 6.10 Å². The Bertz CT molecular complexity index is 1710. The van der Waals surface area contributed by atoms with Crippen LogP contribution in [0.15, 0.2) is 78.9 Å². The Morgan fingerprint density at radius 3 is 2.44 bits per heavy atom. The number of carboxylic acid groups (broad SMARTS) is 1. The monoisotopic (exact) mass is 583 g/mol. The van der Waals surface area contributed by atoms with Crippen LogP contribution in [0, 0.1) is 5.82 Å². The average Bonchev–Trinajstić information content (AvgIpc) is 3.69. The van der Waals surface area contributed by atoms with Crippen LogP contribution in [0.4, 0.5) is 4.39 Å². The Morgan fingerprint density at radius 1 is 1.02 bits per heavy atom. The number of carboxylic acids is 1. The van der Waals surface area contributed by atoms with Crippen molar-refractivity contribution in [1.29, 1.82) is 0 Å². The number of tetrazole rings is 1. The fourth-order valence-corrected chi connectivity index (χ4v) is 4.89. The summed E-state index contributed by atoms with van der Waals surface area (Å²) in [6.07, 6.45) is -0.367. The van der Waals surface area contributed by atoms with Gasteiger partial charge in [-0.1, -0.05) is 80.1 Å². The normalized spacial score (nSPS) is 12.5. The number of benzene rings is 3. The molecule has 2 heterocycles. The van der Waals surface area contributed by atoms with Crippen molar-refractivity contribution in [3.05, 3.63) is 107 Å². The second-order valence-corrected chi connectivity index (χ2v) is 10.1. The van der Waals surface area contributed by atoms with Crippen LogP contribution in [0.25, 0.3) is 22.5 Å².